The third kappa shape index (κ3) is 6.49. The van der Waals surface area contributed by atoms with Crippen LogP contribution in [0.15, 0.2) is 49.1 Å². The molecule has 156 valence electrons. The minimum atomic E-state index is 0.632. The van der Waals surface area contributed by atoms with Crippen LogP contribution in [0, 0.1) is 5.92 Å². The summed E-state index contributed by atoms with van der Waals surface area (Å²) in [4.78, 5) is 6.41. The Morgan fingerprint density at radius 1 is 1.24 bits per heavy atom. The summed E-state index contributed by atoms with van der Waals surface area (Å²) >= 11 is 5.79. The van der Waals surface area contributed by atoms with Gasteiger partial charge in [-0.1, -0.05) is 12.2 Å². The Bertz CT molecular complexity index is 785. The lowest BCUT2D eigenvalue weighted by Gasteiger charge is -2.31. The zero-order valence-corrected chi connectivity index (χ0v) is 18.0. The maximum absolute atomic E-state index is 5.79. The third-order valence-corrected chi connectivity index (χ3v) is 5.51. The van der Waals surface area contributed by atoms with E-state index in [1.807, 2.05) is 36.9 Å². The zero-order valence-electron chi connectivity index (χ0n) is 17.2. The second-order valence-corrected chi connectivity index (χ2v) is 7.67. The number of hydrogen-bond acceptors (Lipinski definition) is 4. The number of ether oxygens (including phenoxy) is 2. The Hall–Kier alpha value is -2.54. The molecule has 6 nitrogen and oxygen atoms in total. The number of rotatable bonds is 9. The van der Waals surface area contributed by atoms with Gasteiger partial charge >= 0.3 is 0 Å². The Balaban J connectivity index is 1.66. The van der Waals surface area contributed by atoms with Gasteiger partial charge in [0.15, 0.2) is 5.11 Å². The average Bonchev–Trinajstić information content (AvgIpc) is 3.27. The van der Waals surface area contributed by atoms with Crippen LogP contribution in [0.25, 0.3) is 0 Å². The first-order valence-electron chi connectivity index (χ1n) is 10.1. The van der Waals surface area contributed by atoms with E-state index in [4.69, 9.17) is 21.7 Å². The summed E-state index contributed by atoms with van der Waals surface area (Å²) in [6, 6.07) is 5.72. The molecule has 1 unspecified atom stereocenters. The fourth-order valence-corrected chi connectivity index (χ4v) is 3.84. The number of benzene rings is 1. The summed E-state index contributed by atoms with van der Waals surface area (Å²) in [5.41, 5.74) is 0.870. The maximum Gasteiger partial charge on any atom is 0.173 e. The molecule has 1 aliphatic carbocycles. The van der Waals surface area contributed by atoms with Crippen molar-refractivity contribution >= 4 is 23.0 Å². The van der Waals surface area contributed by atoms with Crippen LogP contribution in [-0.2, 0) is 6.54 Å². The van der Waals surface area contributed by atoms with Crippen LogP contribution in [0.2, 0.25) is 0 Å². The Morgan fingerprint density at radius 2 is 2.03 bits per heavy atom. The summed E-state index contributed by atoms with van der Waals surface area (Å²) in [6.45, 7) is 2.78. The standard InChI is InChI=1S/C22H30N4O2S/c1-27-20-13-19(14-21(15-20)28-2)24-22(29)26(16-18-7-4-3-5-8-18)11-6-10-25-12-9-23-17-25/h3-4,9,12-15,17-18H,5-8,10-11,16H2,1-2H3,(H,24,29). The molecule has 1 heterocycles. The molecular formula is C22H30N4O2S. The topological polar surface area (TPSA) is 51.5 Å². The van der Waals surface area contributed by atoms with E-state index in [1.165, 1.54) is 6.42 Å². The second-order valence-electron chi connectivity index (χ2n) is 7.28. The highest BCUT2D eigenvalue weighted by atomic mass is 32.1. The van der Waals surface area contributed by atoms with E-state index in [9.17, 15) is 0 Å². The lowest BCUT2D eigenvalue weighted by molar-refractivity contribution is 0.316. The van der Waals surface area contributed by atoms with Crippen molar-refractivity contribution in [2.24, 2.45) is 5.92 Å². The molecule has 0 spiro atoms. The first-order chi connectivity index (χ1) is 14.2. The molecule has 1 aliphatic rings. The fourth-order valence-electron chi connectivity index (χ4n) is 3.55. The summed E-state index contributed by atoms with van der Waals surface area (Å²) < 4.78 is 12.9. The highest BCUT2D eigenvalue weighted by molar-refractivity contribution is 7.80. The van der Waals surface area contributed by atoms with Crippen LogP contribution in [0.4, 0.5) is 5.69 Å². The predicted octanol–water partition coefficient (Wildman–Crippen LogP) is 4.35. The van der Waals surface area contributed by atoms with Crippen molar-refractivity contribution < 1.29 is 9.47 Å². The molecule has 0 fully saturated rings. The minimum Gasteiger partial charge on any atom is -0.497 e. The van der Waals surface area contributed by atoms with Gasteiger partial charge in [-0.05, 0) is 43.8 Å². The number of allylic oxidation sites excluding steroid dienone is 2. The normalized spacial score (nSPS) is 15.7. The zero-order chi connectivity index (χ0) is 20.5. The average molecular weight is 415 g/mol. The van der Waals surface area contributed by atoms with Crippen LogP contribution in [0.3, 0.4) is 0 Å². The number of imidazole rings is 1. The van der Waals surface area contributed by atoms with Crippen molar-refractivity contribution in [2.75, 3.05) is 32.6 Å². The summed E-state index contributed by atoms with van der Waals surface area (Å²) in [6.07, 6.45) is 14.7. The van der Waals surface area contributed by atoms with E-state index in [0.29, 0.717) is 5.92 Å². The van der Waals surface area contributed by atoms with Gasteiger partial charge in [-0.15, -0.1) is 0 Å². The molecule has 1 N–H and O–H groups in total. The highest BCUT2D eigenvalue weighted by Crippen LogP contribution is 2.26. The smallest absolute Gasteiger partial charge is 0.173 e. The van der Waals surface area contributed by atoms with Gasteiger partial charge in [-0.3, -0.25) is 0 Å². The van der Waals surface area contributed by atoms with Gasteiger partial charge in [-0.2, -0.15) is 0 Å². The summed E-state index contributed by atoms with van der Waals surface area (Å²) in [5.74, 6) is 2.10. The van der Waals surface area contributed by atoms with Gasteiger partial charge < -0.3 is 24.3 Å². The van der Waals surface area contributed by atoms with Gasteiger partial charge in [0.2, 0.25) is 0 Å². The number of hydrogen-bond donors (Lipinski definition) is 1. The van der Waals surface area contributed by atoms with Crippen LogP contribution in [-0.4, -0.2) is 46.9 Å². The van der Waals surface area contributed by atoms with Crippen molar-refractivity contribution in [1.82, 2.24) is 14.5 Å². The largest absolute Gasteiger partial charge is 0.497 e. The van der Waals surface area contributed by atoms with Crippen LogP contribution in [0.5, 0.6) is 11.5 Å². The number of methoxy groups -OCH3 is 2. The molecule has 1 aromatic carbocycles. The number of aromatic nitrogens is 2. The Labute approximate surface area is 178 Å². The Morgan fingerprint density at radius 3 is 2.66 bits per heavy atom. The van der Waals surface area contributed by atoms with E-state index >= 15 is 0 Å². The predicted molar refractivity (Wildman–Crippen MR) is 121 cm³/mol. The molecule has 0 saturated carbocycles. The molecule has 7 heteroatoms. The van der Waals surface area contributed by atoms with Crippen molar-refractivity contribution in [1.29, 1.82) is 0 Å². The fraction of sp³-hybridized carbons (Fsp3) is 0.455. The molecule has 0 saturated heterocycles. The lowest BCUT2D eigenvalue weighted by Crippen LogP contribution is -2.39. The van der Waals surface area contributed by atoms with E-state index in [2.05, 4.69) is 31.9 Å². The van der Waals surface area contributed by atoms with Crippen molar-refractivity contribution in [3.63, 3.8) is 0 Å². The number of anilines is 1. The SMILES string of the molecule is COc1cc(NC(=S)N(CCCn2ccnc2)CC2CC=CCC2)cc(OC)c1. The number of nitrogens with one attached hydrogen (secondary N) is 1. The molecule has 1 atom stereocenters. The van der Waals surface area contributed by atoms with Gasteiger partial charge in [0.25, 0.3) is 0 Å². The maximum atomic E-state index is 5.79. The highest BCUT2D eigenvalue weighted by Gasteiger charge is 2.18. The van der Waals surface area contributed by atoms with Crippen LogP contribution >= 0.6 is 12.2 Å². The number of thiocarbonyl (C=S) groups is 1. The van der Waals surface area contributed by atoms with Crippen LogP contribution in [0.1, 0.15) is 25.7 Å². The number of nitrogens with zero attached hydrogens (tertiary/aromatic N) is 3. The first-order valence-corrected chi connectivity index (χ1v) is 10.5. The molecule has 3 rings (SSSR count). The molecule has 0 aliphatic heterocycles. The van der Waals surface area contributed by atoms with Gasteiger partial charge in [-0.25, -0.2) is 4.98 Å². The summed E-state index contributed by atoms with van der Waals surface area (Å²) in [7, 11) is 3.30. The lowest BCUT2D eigenvalue weighted by atomic mass is 9.94. The van der Waals surface area contributed by atoms with Gasteiger partial charge in [0, 0.05) is 55.9 Å². The first kappa shape index (κ1) is 21.2. The molecule has 29 heavy (non-hydrogen) atoms. The van der Waals surface area contributed by atoms with E-state index in [1.54, 1.807) is 14.2 Å². The van der Waals surface area contributed by atoms with E-state index in [-0.39, 0.29) is 0 Å². The summed E-state index contributed by atoms with van der Waals surface area (Å²) in [5, 5.41) is 4.12. The molecule has 1 aromatic heterocycles. The monoisotopic (exact) mass is 414 g/mol. The molecule has 0 bridgehead atoms. The minimum absolute atomic E-state index is 0.632. The quantitative estimate of drug-likeness (QED) is 0.486. The van der Waals surface area contributed by atoms with E-state index in [0.717, 1.165) is 61.2 Å². The molecule has 0 amide bonds. The van der Waals surface area contributed by atoms with Crippen molar-refractivity contribution in [3.8, 4) is 11.5 Å². The van der Waals surface area contributed by atoms with Crippen molar-refractivity contribution in [3.05, 3.63) is 49.1 Å². The molecule has 2 aromatic rings. The number of aryl methyl sites for hydroxylation is 1. The Kier molecular flexibility index (Phi) is 7.93. The van der Waals surface area contributed by atoms with Crippen LogP contribution < -0.4 is 14.8 Å². The van der Waals surface area contributed by atoms with Gasteiger partial charge in [0.1, 0.15) is 11.5 Å². The molecular weight excluding hydrogens is 384 g/mol. The van der Waals surface area contributed by atoms with Gasteiger partial charge in [0.05, 0.1) is 20.5 Å². The molecule has 0 radical (unpaired) electrons. The van der Waals surface area contributed by atoms with E-state index < -0.39 is 0 Å². The third-order valence-electron chi connectivity index (χ3n) is 5.15. The van der Waals surface area contributed by atoms with Crippen molar-refractivity contribution in [2.45, 2.75) is 32.2 Å². The second kappa shape index (κ2) is 10.9.